The average molecular weight is 246 g/mol. The molecular weight excluding hydrogens is 233 g/mol. The van der Waals surface area contributed by atoms with E-state index in [1.54, 1.807) is 0 Å². The van der Waals surface area contributed by atoms with Crippen LogP contribution in [0.4, 0.5) is 24.9 Å². The van der Waals surface area contributed by atoms with Crippen molar-refractivity contribution in [2.75, 3.05) is 24.2 Å². The Hall–Kier alpha value is -1.53. The minimum atomic E-state index is -4.45. The fourth-order valence-electron chi connectivity index (χ4n) is 1.37. The first kappa shape index (κ1) is 11.9. The summed E-state index contributed by atoms with van der Waals surface area (Å²) in [6.45, 7) is 0.664. The highest BCUT2D eigenvalue weighted by Crippen LogP contribution is 2.31. The minimum Gasteiger partial charge on any atom is -0.370 e. The Bertz CT molecular complexity index is 401. The lowest BCUT2D eigenvalue weighted by atomic mass is 10.3. The number of rotatable bonds is 4. The molecule has 1 saturated carbocycles. The highest BCUT2D eigenvalue weighted by molar-refractivity contribution is 5.43. The molecule has 0 unspecified atom stereocenters. The molecule has 2 N–H and O–H groups in total. The van der Waals surface area contributed by atoms with Crippen LogP contribution >= 0.6 is 0 Å². The van der Waals surface area contributed by atoms with Crippen molar-refractivity contribution >= 4 is 11.8 Å². The van der Waals surface area contributed by atoms with Crippen molar-refractivity contribution in [3.63, 3.8) is 0 Å². The third-order valence-corrected chi connectivity index (χ3v) is 2.51. The van der Waals surface area contributed by atoms with E-state index in [1.165, 1.54) is 7.05 Å². The van der Waals surface area contributed by atoms with Crippen LogP contribution in [-0.2, 0) is 6.18 Å². The lowest BCUT2D eigenvalue weighted by Crippen LogP contribution is -2.13. The van der Waals surface area contributed by atoms with Gasteiger partial charge in [-0.2, -0.15) is 18.2 Å². The van der Waals surface area contributed by atoms with Crippen molar-refractivity contribution < 1.29 is 13.2 Å². The van der Waals surface area contributed by atoms with Gasteiger partial charge >= 0.3 is 6.18 Å². The van der Waals surface area contributed by atoms with Crippen molar-refractivity contribution in [1.29, 1.82) is 0 Å². The van der Waals surface area contributed by atoms with Gasteiger partial charge < -0.3 is 10.6 Å². The summed E-state index contributed by atoms with van der Waals surface area (Å²) in [5.74, 6) is 0.749. The Morgan fingerprint density at radius 1 is 1.35 bits per heavy atom. The molecule has 4 nitrogen and oxygen atoms in total. The molecule has 1 heterocycles. The van der Waals surface area contributed by atoms with Gasteiger partial charge in [-0.1, -0.05) is 0 Å². The zero-order valence-electron chi connectivity index (χ0n) is 9.30. The molecule has 0 radical (unpaired) electrons. The smallest absolute Gasteiger partial charge is 0.370 e. The largest absolute Gasteiger partial charge is 0.433 e. The second kappa shape index (κ2) is 4.38. The van der Waals surface area contributed by atoms with E-state index >= 15 is 0 Å². The maximum atomic E-state index is 12.5. The maximum Gasteiger partial charge on any atom is 0.433 e. The zero-order chi connectivity index (χ0) is 12.5. The molecular formula is C10H13F3N4. The second-order valence-electron chi connectivity index (χ2n) is 4.03. The number of hydrogen-bond donors (Lipinski definition) is 2. The van der Waals surface area contributed by atoms with Crippen molar-refractivity contribution in [3.8, 4) is 0 Å². The number of aromatic nitrogens is 2. The van der Waals surface area contributed by atoms with E-state index in [4.69, 9.17) is 0 Å². The maximum absolute atomic E-state index is 12.5. The Labute approximate surface area is 96.7 Å². The first-order valence-corrected chi connectivity index (χ1v) is 5.37. The Kier molecular flexibility index (Phi) is 3.08. The molecule has 0 aromatic carbocycles. The van der Waals surface area contributed by atoms with Crippen LogP contribution in [-0.4, -0.2) is 23.6 Å². The molecule has 0 aliphatic heterocycles. The summed E-state index contributed by atoms with van der Waals surface area (Å²) in [6.07, 6.45) is -2.20. The zero-order valence-corrected chi connectivity index (χ0v) is 9.30. The second-order valence-corrected chi connectivity index (χ2v) is 4.03. The summed E-state index contributed by atoms with van der Waals surface area (Å²) in [7, 11) is 1.49. The fraction of sp³-hybridized carbons (Fsp3) is 0.600. The number of hydrogen-bond acceptors (Lipinski definition) is 4. The summed E-state index contributed by atoms with van der Waals surface area (Å²) in [5, 5.41) is 5.42. The quantitative estimate of drug-likeness (QED) is 0.856. The lowest BCUT2D eigenvalue weighted by molar-refractivity contribution is -0.141. The first-order valence-electron chi connectivity index (χ1n) is 5.37. The van der Waals surface area contributed by atoms with Gasteiger partial charge in [-0.3, -0.25) is 0 Å². The van der Waals surface area contributed by atoms with Gasteiger partial charge in [-0.15, -0.1) is 0 Å². The summed E-state index contributed by atoms with van der Waals surface area (Å²) in [6, 6.07) is 0.934. The minimum absolute atomic E-state index is 0.0295. The van der Waals surface area contributed by atoms with Gasteiger partial charge in [0.2, 0.25) is 5.95 Å². The topological polar surface area (TPSA) is 49.8 Å². The lowest BCUT2D eigenvalue weighted by Gasteiger charge is -2.11. The van der Waals surface area contributed by atoms with E-state index in [9.17, 15) is 13.2 Å². The predicted molar refractivity (Wildman–Crippen MR) is 57.8 cm³/mol. The molecule has 0 atom stereocenters. The van der Waals surface area contributed by atoms with Crippen LogP contribution in [0.5, 0.6) is 0 Å². The van der Waals surface area contributed by atoms with Crippen molar-refractivity contribution in [2.24, 2.45) is 5.92 Å². The number of halogens is 3. The molecule has 17 heavy (non-hydrogen) atoms. The fourth-order valence-corrected chi connectivity index (χ4v) is 1.37. The molecule has 0 bridgehead atoms. The van der Waals surface area contributed by atoms with E-state index in [0.717, 1.165) is 18.9 Å². The summed E-state index contributed by atoms with van der Waals surface area (Å²) >= 11 is 0. The van der Waals surface area contributed by atoms with Crippen LogP contribution in [0.1, 0.15) is 18.5 Å². The Morgan fingerprint density at radius 3 is 2.59 bits per heavy atom. The highest BCUT2D eigenvalue weighted by atomic mass is 19.4. The Morgan fingerprint density at radius 2 is 2.06 bits per heavy atom. The molecule has 0 amide bonds. The van der Waals surface area contributed by atoms with Gasteiger partial charge in [-0.05, 0) is 18.8 Å². The molecule has 1 aromatic heterocycles. The summed E-state index contributed by atoms with van der Waals surface area (Å²) in [4.78, 5) is 7.31. The van der Waals surface area contributed by atoms with Crippen molar-refractivity contribution in [2.45, 2.75) is 19.0 Å². The normalized spacial score (nSPS) is 15.8. The summed E-state index contributed by atoms with van der Waals surface area (Å²) < 4.78 is 37.6. The number of nitrogens with one attached hydrogen (secondary N) is 2. The van der Waals surface area contributed by atoms with Gasteiger partial charge in [0.05, 0.1) is 0 Å². The van der Waals surface area contributed by atoms with Gasteiger partial charge in [0, 0.05) is 19.7 Å². The van der Waals surface area contributed by atoms with Crippen molar-refractivity contribution in [3.05, 3.63) is 11.8 Å². The molecule has 2 rings (SSSR count). The van der Waals surface area contributed by atoms with Crippen LogP contribution in [0.15, 0.2) is 6.07 Å². The van der Waals surface area contributed by atoms with E-state index < -0.39 is 11.9 Å². The number of alkyl halides is 3. The van der Waals surface area contributed by atoms with E-state index in [0.29, 0.717) is 12.5 Å². The van der Waals surface area contributed by atoms with Gasteiger partial charge in [0.15, 0.2) is 5.69 Å². The average Bonchev–Trinajstić information content (AvgIpc) is 3.08. The molecule has 1 aliphatic carbocycles. The molecule has 1 fully saturated rings. The van der Waals surface area contributed by atoms with Crippen LogP contribution in [0.2, 0.25) is 0 Å². The monoisotopic (exact) mass is 246 g/mol. The number of nitrogens with zero attached hydrogens (tertiary/aromatic N) is 2. The number of anilines is 2. The van der Waals surface area contributed by atoms with E-state index in [-0.39, 0.29) is 11.8 Å². The molecule has 0 spiro atoms. The SMILES string of the molecule is CNc1nc(NCC2CC2)cc(C(F)(F)F)n1. The van der Waals surface area contributed by atoms with E-state index in [1.807, 2.05) is 0 Å². The third kappa shape index (κ3) is 3.21. The van der Waals surface area contributed by atoms with Gasteiger partial charge in [-0.25, -0.2) is 4.98 Å². The van der Waals surface area contributed by atoms with Gasteiger partial charge in [0.1, 0.15) is 5.82 Å². The summed E-state index contributed by atoms with van der Waals surface area (Å²) in [5.41, 5.74) is -0.935. The standard InChI is InChI=1S/C10H13F3N4/c1-14-9-16-7(10(11,12)13)4-8(17-9)15-5-6-2-3-6/h4,6H,2-3,5H2,1H3,(H2,14,15,16,17). The first-order chi connectivity index (χ1) is 7.99. The highest BCUT2D eigenvalue weighted by Gasteiger charge is 2.33. The third-order valence-electron chi connectivity index (χ3n) is 2.51. The predicted octanol–water partition coefficient (Wildman–Crippen LogP) is 2.36. The van der Waals surface area contributed by atoms with Crippen LogP contribution in [0.25, 0.3) is 0 Å². The Balaban J connectivity index is 2.18. The molecule has 1 aromatic rings. The molecule has 7 heteroatoms. The molecule has 94 valence electrons. The van der Waals surface area contributed by atoms with Gasteiger partial charge in [0.25, 0.3) is 0 Å². The molecule has 0 saturated heterocycles. The van der Waals surface area contributed by atoms with Crippen LogP contribution < -0.4 is 10.6 Å². The van der Waals surface area contributed by atoms with Crippen LogP contribution in [0.3, 0.4) is 0 Å². The van der Waals surface area contributed by atoms with E-state index in [2.05, 4.69) is 20.6 Å². The molecule has 1 aliphatic rings. The van der Waals surface area contributed by atoms with Crippen molar-refractivity contribution in [1.82, 2.24) is 9.97 Å². The van der Waals surface area contributed by atoms with Crippen LogP contribution in [0, 0.1) is 5.92 Å².